The molecule has 1 aliphatic heterocycles. The van der Waals surface area contributed by atoms with Crippen LogP contribution in [0.4, 0.5) is 0 Å². The van der Waals surface area contributed by atoms with E-state index < -0.39 is 0 Å². The second-order valence-corrected chi connectivity index (χ2v) is 5.55. The second kappa shape index (κ2) is 6.31. The molecule has 1 aliphatic rings. The minimum atomic E-state index is -0.0877. The zero-order chi connectivity index (χ0) is 13.1. The van der Waals surface area contributed by atoms with E-state index in [0.717, 1.165) is 13.0 Å². The molecule has 2 atom stereocenters. The molecule has 0 saturated carbocycles. The van der Waals surface area contributed by atoms with Gasteiger partial charge in [-0.1, -0.05) is 34.8 Å². The van der Waals surface area contributed by atoms with Crippen molar-refractivity contribution >= 4 is 34.8 Å². The third kappa shape index (κ3) is 3.43. The molecule has 0 bridgehead atoms. The highest BCUT2D eigenvalue weighted by molar-refractivity contribution is 6.40. The summed E-state index contributed by atoms with van der Waals surface area (Å²) in [5.74, 6) is 0.756. The zero-order valence-corrected chi connectivity index (χ0v) is 11.9. The van der Waals surface area contributed by atoms with Gasteiger partial charge < -0.3 is 15.2 Å². The molecule has 0 aliphatic carbocycles. The molecule has 2 N–H and O–H groups in total. The third-order valence-electron chi connectivity index (χ3n) is 2.95. The van der Waals surface area contributed by atoms with Crippen molar-refractivity contribution in [1.82, 2.24) is 0 Å². The normalized spacial score (nSPS) is 21.0. The molecule has 2 rings (SSSR count). The van der Waals surface area contributed by atoms with Gasteiger partial charge in [-0.25, -0.2) is 0 Å². The summed E-state index contributed by atoms with van der Waals surface area (Å²) in [6.45, 7) is 1.81. The van der Waals surface area contributed by atoms with Gasteiger partial charge in [-0.2, -0.15) is 0 Å². The summed E-state index contributed by atoms with van der Waals surface area (Å²) in [5, 5.41) is 1.26. The lowest BCUT2D eigenvalue weighted by Crippen LogP contribution is -2.36. The molecular formula is C12H14Cl3NO2. The van der Waals surface area contributed by atoms with E-state index in [2.05, 4.69) is 0 Å². The van der Waals surface area contributed by atoms with E-state index in [0.29, 0.717) is 39.9 Å². The Balaban J connectivity index is 1.97. The van der Waals surface area contributed by atoms with Crippen molar-refractivity contribution in [3.63, 3.8) is 0 Å². The third-order valence-corrected chi connectivity index (χ3v) is 3.73. The molecule has 6 heteroatoms. The number of nitrogens with two attached hydrogens (primary N) is 1. The summed E-state index contributed by atoms with van der Waals surface area (Å²) in [6.07, 6.45) is 0.965. The Labute approximate surface area is 121 Å². The Hall–Kier alpha value is -0.190. The molecule has 1 aromatic rings. The van der Waals surface area contributed by atoms with Crippen LogP contribution in [0.15, 0.2) is 12.1 Å². The molecular weight excluding hydrogens is 296 g/mol. The number of benzene rings is 1. The quantitative estimate of drug-likeness (QED) is 0.927. The molecule has 0 amide bonds. The molecule has 18 heavy (non-hydrogen) atoms. The highest BCUT2D eigenvalue weighted by Crippen LogP contribution is 2.36. The molecule has 1 saturated heterocycles. The summed E-state index contributed by atoms with van der Waals surface area (Å²) >= 11 is 17.9. The predicted octanol–water partition coefficient (Wildman–Crippen LogP) is 3.39. The molecule has 100 valence electrons. The van der Waals surface area contributed by atoms with E-state index in [9.17, 15) is 0 Å². The van der Waals surface area contributed by atoms with Gasteiger partial charge in [0.2, 0.25) is 0 Å². The fourth-order valence-electron chi connectivity index (χ4n) is 1.87. The van der Waals surface area contributed by atoms with Crippen molar-refractivity contribution < 1.29 is 9.47 Å². The lowest BCUT2D eigenvalue weighted by molar-refractivity contribution is 0.170. The Morgan fingerprint density at radius 1 is 1.33 bits per heavy atom. The average molecular weight is 311 g/mol. The van der Waals surface area contributed by atoms with Gasteiger partial charge in [0, 0.05) is 23.6 Å². The number of hydrogen-bond acceptors (Lipinski definition) is 3. The topological polar surface area (TPSA) is 44.5 Å². The van der Waals surface area contributed by atoms with Crippen molar-refractivity contribution in [1.29, 1.82) is 0 Å². The first-order valence-corrected chi connectivity index (χ1v) is 6.82. The minimum Gasteiger partial charge on any atom is -0.489 e. The highest BCUT2D eigenvalue weighted by Gasteiger charge is 2.23. The van der Waals surface area contributed by atoms with Crippen LogP contribution in [0, 0.1) is 5.92 Å². The van der Waals surface area contributed by atoms with E-state index in [-0.39, 0.29) is 6.04 Å². The predicted molar refractivity (Wildman–Crippen MR) is 73.9 cm³/mol. The van der Waals surface area contributed by atoms with Crippen LogP contribution in [0.3, 0.4) is 0 Å². The van der Waals surface area contributed by atoms with Gasteiger partial charge in [-0.3, -0.25) is 0 Å². The molecule has 0 spiro atoms. The largest absolute Gasteiger partial charge is 0.489 e. The van der Waals surface area contributed by atoms with Gasteiger partial charge in [0.05, 0.1) is 16.7 Å². The van der Waals surface area contributed by atoms with Crippen molar-refractivity contribution in [2.45, 2.75) is 12.5 Å². The maximum absolute atomic E-state index is 6.04. The van der Waals surface area contributed by atoms with Crippen LogP contribution >= 0.6 is 34.8 Å². The van der Waals surface area contributed by atoms with Crippen LogP contribution < -0.4 is 10.5 Å². The lowest BCUT2D eigenvalue weighted by Gasteiger charge is -2.19. The maximum atomic E-state index is 6.04. The lowest BCUT2D eigenvalue weighted by atomic mass is 10.0. The first-order chi connectivity index (χ1) is 8.58. The Kier molecular flexibility index (Phi) is 4.98. The van der Waals surface area contributed by atoms with Crippen LogP contribution in [0.2, 0.25) is 15.1 Å². The van der Waals surface area contributed by atoms with Crippen molar-refractivity contribution in [3.05, 3.63) is 27.2 Å². The number of ether oxygens (including phenoxy) is 2. The van der Waals surface area contributed by atoms with Crippen LogP contribution in [0.25, 0.3) is 0 Å². The molecule has 1 heterocycles. The van der Waals surface area contributed by atoms with E-state index in [1.807, 2.05) is 0 Å². The summed E-state index contributed by atoms with van der Waals surface area (Å²) in [7, 11) is 0. The highest BCUT2D eigenvalue weighted by atomic mass is 35.5. The van der Waals surface area contributed by atoms with Crippen LogP contribution in [-0.2, 0) is 4.74 Å². The minimum absolute atomic E-state index is 0.0877. The van der Waals surface area contributed by atoms with Gasteiger partial charge in [0.15, 0.2) is 5.75 Å². The first kappa shape index (κ1) is 14.2. The number of hydrogen-bond donors (Lipinski definition) is 1. The van der Waals surface area contributed by atoms with Gasteiger partial charge in [0.25, 0.3) is 0 Å². The smallest absolute Gasteiger partial charge is 0.156 e. The standard InChI is InChI=1S/C12H14Cl3NO2/c13-8-3-9(14)12(10(15)4-8)18-6-11(16)7-1-2-17-5-7/h3-4,7,11H,1-2,5-6,16H2. The van der Waals surface area contributed by atoms with Crippen LogP contribution in [-0.4, -0.2) is 25.9 Å². The summed E-state index contributed by atoms with van der Waals surface area (Å²) < 4.78 is 10.9. The monoisotopic (exact) mass is 309 g/mol. The van der Waals surface area contributed by atoms with E-state index in [1.165, 1.54) is 0 Å². The van der Waals surface area contributed by atoms with Gasteiger partial charge in [0.1, 0.15) is 6.61 Å². The summed E-state index contributed by atoms with van der Waals surface area (Å²) in [4.78, 5) is 0. The van der Waals surface area contributed by atoms with E-state index in [1.54, 1.807) is 12.1 Å². The molecule has 3 nitrogen and oxygen atoms in total. The number of halogens is 3. The molecule has 0 aromatic heterocycles. The maximum Gasteiger partial charge on any atom is 0.156 e. The Bertz CT molecular complexity index is 399. The van der Waals surface area contributed by atoms with Crippen molar-refractivity contribution in [2.24, 2.45) is 11.7 Å². The SMILES string of the molecule is NC(COc1c(Cl)cc(Cl)cc1Cl)C1CCOC1. The van der Waals surface area contributed by atoms with Crippen molar-refractivity contribution in [3.8, 4) is 5.75 Å². The molecule has 0 radical (unpaired) electrons. The van der Waals surface area contributed by atoms with Gasteiger partial charge in [-0.05, 0) is 18.6 Å². The van der Waals surface area contributed by atoms with E-state index >= 15 is 0 Å². The summed E-state index contributed by atoms with van der Waals surface area (Å²) in [6, 6.07) is 3.10. The van der Waals surface area contributed by atoms with Crippen LogP contribution in [0.1, 0.15) is 6.42 Å². The molecule has 2 unspecified atom stereocenters. The Morgan fingerprint density at radius 2 is 2.00 bits per heavy atom. The van der Waals surface area contributed by atoms with E-state index in [4.69, 9.17) is 50.0 Å². The molecule has 1 aromatic carbocycles. The fourth-order valence-corrected chi connectivity index (χ4v) is 2.80. The van der Waals surface area contributed by atoms with Gasteiger partial charge in [-0.15, -0.1) is 0 Å². The first-order valence-electron chi connectivity index (χ1n) is 5.68. The number of rotatable bonds is 4. The van der Waals surface area contributed by atoms with Gasteiger partial charge >= 0.3 is 0 Å². The average Bonchev–Trinajstić information content (AvgIpc) is 2.80. The van der Waals surface area contributed by atoms with Crippen molar-refractivity contribution in [2.75, 3.05) is 19.8 Å². The summed E-state index contributed by atoms with van der Waals surface area (Å²) in [5.41, 5.74) is 6.04. The van der Waals surface area contributed by atoms with Crippen LogP contribution in [0.5, 0.6) is 5.75 Å². The second-order valence-electron chi connectivity index (χ2n) is 4.30. The zero-order valence-electron chi connectivity index (χ0n) is 9.67. The fraction of sp³-hybridized carbons (Fsp3) is 0.500. The molecule has 1 fully saturated rings. The Morgan fingerprint density at radius 3 is 2.56 bits per heavy atom.